The van der Waals surface area contributed by atoms with Gasteiger partial charge in [0.2, 0.25) is 0 Å². The highest BCUT2D eigenvalue weighted by Crippen LogP contribution is 2.31. The van der Waals surface area contributed by atoms with Crippen LogP contribution in [0.5, 0.6) is 0 Å². The second kappa shape index (κ2) is 10.5. The number of hydrogen-bond acceptors (Lipinski definition) is 4. The molecule has 1 aromatic rings. The van der Waals surface area contributed by atoms with Gasteiger partial charge in [0.25, 0.3) is 0 Å². The molecule has 4 nitrogen and oxygen atoms in total. The predicted molar refractivity (Wildman–Crippen MR) is 144 cm³/mol. The highest BCUT2D eigenvalue weighted by Gasteiger charge is 2.33. The van der Waals surface area contributed by atoms with E-state index >= 15 is 0 Å². The van der Waals surface area contributed by atoms with Crippen molar-refractivity contribution < 1.29 is 0 Å². The maximum Gasteiger partial charge on any atom is 0.0367 e. The average Bonchev–Trinajstić information content (AvgIpc) is 3.54. The quantitative estimate of drug-likeness (QED) is 0.573. The monoisotopic (exact) mass is 462 g/mol. The van der Waals surface area contributed by atoms with Gasteiger partial charge in [0, 0.05) is 62.7 Å². The topological polar surface area (TPSA) is 13.0 Å². The SMILES string of the molecule is C=C(c1cccc(C(=C)N2CCC(N3CC(C)C(C)C3)CC2)c1)N1CCC(N2CCCC2)CC1. The van der Waals surface area contributed by atoms with Crippen LogP contribution in [0.4, 0.5) is 0 Å². The second-order valence-corrected chi connectivity index (χ2v) is 11.6. The van der Waals surface area contributed by atoms with Crippen LogP contribution in [-0.4, -0.2) is 84.0 Å². The molecule has 1 aromatic carbocycles. The molecule has 4 saturated heterocycles. The van der Waals surface area contributed by atoms with E-state index in [1.807, 2.05) is 0 Å². The van der Waals surface area contributed by atoms with E-state index in [2.05, 4.69) is 70.9 Å². The summed E-state index contributed by atoms with van der Waals surface area (Å²) in [5.74, 6) is 1.68. The summed E-state index contributed by atoms with van der Waals surface area (Å²) in [6, 6.07) is 10.5. The van der Waals surface area contributed by atoms with Gasteiger partial charge < -0.3 is 14.7 Å². The van der Waals surface area contributed by atoms with Crippen molar-refractivity contribution in [1.29, 1.82) is 0 Å². The van der Waals surface area contributed by atoms with Gasteiger partial charge in [0.05, 0.1) is 0 Å². The largest absolute Gasteiger partial charge is 0.371 e. The van der Waals surface area contributed by atoms with Gasteiger partial charge in [-0.2, -0.15) is 0 Å². The third-order valence-corrected chi connectivity index (χ3v) is 9.41. The Morgan fingerprint density at radius 1 is 0.676 bits per heavy atom. The summed E-state index contributed by atoms with van der Waals surface area (Å²) in [7, 11) is 0. The molecular formula is C30H46N4. The van der Waals surface area contributed by atoms with Crippen molar-refractivity contribution in [3.63, 3.8) is 0 Å². The minimum absolute atomic E-state index is 0.756. The van der Waals surface area contributed by atoms with Gasteiger partial charge in [0.15, 0.2) is 0 Å². The number of piperidine rings is 2. The fraction of sp³-hybridized carbons (Fsp3) is 0.667. The third-order valence-electron chi connectivity index (χ3n) is 9.41. The van der Waals surface area contributed by atoms with Crippen molar-refractivity contribution in [2.24, 2.45) is 11.8 Å². The molecule has 0 spiro atoms. The third kappa shape index (κ3) is 5.09. The predicted octanol–water partition coefficient (Wildman–Crippen LogP) is 5.24. The lowest BCUT2D eigenvalue weighted by atomic mass is 9.99. The number of likely N-dealkylation sites (tertiary alicyclic amines) is 4. The van der Waals surface area contributed by atoms with Crippen molar-refractivity contribution in [3.8, 4) is 0 Å². The number of benzene rings is 1. The molecule has 4 aliphatic heterocycles. The lowest BCUT2D eigenvalue weighted by Gasteiger charge is -2.39. The van der Waals surface area contributed by atoms with Crippen LogP contribution in [-0.2, 0) is 0 Å². The van der Waals surface area contributed by atoms with E-state index in [0.29, 0.717) is 0 Å². The van der Waals surface area contributed by atoms with Gasteiger partial charge in [-0.15, -0.1) is 0 Å². The molecule has 34 heavy (non-hydrogen) atoms. The minimum Gasteiger partial charge on any atom is -0.371 e. The summed E-state index contributed by atoms with van der Waals surface area (Å²) >= 11 is 0. The summed E-state index contributed by atoms with van der Waals surface area (Å²) in [6.07, 6.45) is 7.84. The van der Waals surface area contributed by atoms with Crippen molar-refractivity contribution in [3.05, 3.63) is 48.6 Å². The van der Waals surface area contributed by atoms with Crippen LogP contribution in [0.25, 0.3) is 11.4 Å². The van der Waals surface area contributed by atoms with Crippen LogP contribution in [0.2, 0.25) is 0 Å². The molecule has 4 heterocycles. The normalized spacial score (nSPS) is 28.1. The standard InChI is InChI=1S/C30H46N4/c1-23-21-34(22-24(23)2)30-12-18-32(19-13-30)26(4)28-9-7-8-27(20-28)25(3)31-16-10-29(11-17-31)33-14-5-6-15-33/h7-9,20,23-24,29-30H,3-6,10-19,21-22H2,1-2H3. The molecule has 0 saturated carbocycles. The van der Waals surface area contributed by atoms with E-state index in [4.69, 9.17) is 0 Å². The van der Waals surface area contributed by atoms with Crippen molar-refractivity contribution >= 4 is 11.4 Å². The molecule has 186 valence electrons. The lowest BCUT2D eigenvalue weighted by Crippen LogP contribution is -2.43. The average molecular weight is 463 g/mol. The number of hydrogen-bond donors (Lipinski definition) is 0. The molecule has 0 amide bonds. The molecule has 0 N–H and O–H groups in total. The summed E-state index contributed by atoms with van der Waals surface area (Å²) in [6.45, 7) is 23.6. The molecule has 0 bridgehead atoms. The first-order valence-electron chi connectivity index (χ1n) is 14.0. The van der Waals surface area contributed by atoms with E-state index < -0.39 is 0 Å². The highest BCUT2D eigenvalue weighted by atomic mass is 15.2. The van der Waals surface area contributed by atoms with E-state index in [0.717, 1.165) is 50.1 Å². The molecular weight excluding hydrogens is 416 g/mol. The maximum atomic E-state index is 4.53. The van der Waals surface area contributed by atoms with Crippen LogP contribution in [0.3, 0.4) is 0 Å². The van der Waals surface area contributed by atoms with Crippen LogP contribution in [0, 0.1) is 11.8 Å². The Morgan fingerprint density at radius 2 is 1.12 bits per heavy atom. The molecule has 4 fully saturated rings. The van der Waals surface area contributed by atoms with E-state index in [1.54, 1.807) is 0 Å². The van der Waals surface area contributed by atoms with Gasteiger partial charge in [-0.3, -0.25) is 4.90 Å². The van der Waals surface area contributed by atoms with Crippen LogP contribution < -0.4 is 0 Å². The van der Waals surface area contributed by atoms with Gasteiger partial charge >= 0.3 is 0 Å². The van der Waals surface area contributed by atoms with Crippen LogP contribution in [0.1, 0.15) is 63.5 Å². The smallest absolute Gasteiger partial charge is 0.0367 e. The lowest BCUT2D eigenvalue weighted by molar-refractivity contribution is 0.153. The van der Waals surface area contributed by atoms with Gasteiger partial charge in [-0.05, 0) is 80.6 Å². The Labute approximate surface area is 208 Å². The summed E-state index contributed by atoms with van der Waals surface area (Å²) < 4.78 is 0. The molecule has 0 aromatic heterocycles. The van der Waals surface area contributed by atoms with Crippen molar-refractivity contribution in [2.45, 2.75) is 64.5 Å². The van der Waals surface area contributed by atoms with E-state index in [1.165, 1.54) is 87.2 Å². The number of nitrogens with zero attached hydrogens (tertiary/aromatic N) is 4. The minimum atomic E-state index is 0.756. The Balaban J connectivity index is 1.15. The van der Waals surface area contributed by atoms with Gasteiger partial charge in [0.1, 0.15) is 0 Å². The summed E-state index contributed by atoms with van der Waals surface area (Å²) in [5, 5.41) is 0. The Hall–Kier alpha value is -1.78. The zero-order valence-corrected chi connectivity index (χ0v) is 21.7. The molecule has 2 unspecified atom stereocenters. The molecule has 0 radical (unpaired) electrons. The molecule has 4 aliphatic rings. The molecule has 4 heteroatoms. The zero-order chi connectivity index (χ0) is 23.7. The first-order chi connectivity index (χ1) is 16.5. The molecule has 0 aliphatic carbocycles. The van der Waals surface area contributed by atoms with Crippen molar-refractivity contribution in [1.82, 2.24) is 19.6 Å². The first kappa shape index (κ1) is 23.9. The first-order valence-corrected chi connectivity index (χ1v) is 14.0. The maximum absolute atomic E-state index is 4.53. The summed E-state index contributed by atoms with van der Waals surface area (Å²) in [4.78, 5) is 10.5. The van der Waals surface area contributed by atoms with Crippen LogP contribution >= 0.6 is 0 Å². The fourth-order valence-electron chi connectivity index (χ4n) is 6.82. The molecule has 2 atom stereocenters. The van der Waals surface area contributed by atoms with E-state index in [9.17, 15) is 0 Å². The number of rotatable bonds is 6. The van der Waals surface area contributed by atoms with Gasteiger partial charge in [-0.1, -0.05) is 45.2 Å². The molecule has 5 rings (SSSR count). The second-order valence-electron chi connectivity index (χ2n) is 11.6. The van der Waals surface area contributed by atoms with Crippen LogP contribution in [0.15, 0.2) is 37.4 Å². The Kier molecular flexibility index (Phi) is 7.36. The summed E-state index contributed by atoms with van der Waals surface area (Å²) in [5.41, 5.74) is 4.88. The Morgan fingerprint density at radius 3 is 1.59 bits per heavy atom. The fourth-order valence-corrected chi connectivity index (χ4v) is 6.82. The Bertz CT molecular complexity index is 846. The zero-order valence-electron chi connectivity index (χ0n) is 21.7. The van der Waals surface area contributed by atoms with Gasteiger partial charge in [-0.25, -0.2) is 0 Å². The van der Waals surface area contributed by atoms with Crippen molar-refractivity contribution in [2.75, 3.05) is 52.4 Å². The van der Waals surface area contributed by atoms with E-state index in [-0.39, 0.29) is 0 Å². The highest BCUT2D eigenvalue weighted by molar-refractivity contribution is 5.69.